The van der Waals surface area contributed by atoms with Crippen LogP contribution in [0.1, 0.15) is 70.2 Å². The van der Waals surface area contributed by atoms with E-state index >= 15 is 0 Å². The highest BCUT2D eigenvalue weighted by molar-refractivity contribution is 6.62. The van der Waals surface area contributed by atoms with E-state index in [1.54, 1.807) is 0 Å². The number of ketones is 1. The largest absolute Gasteiger partial charge is 0.494 e. The van der Waals surface area contributed by atoms with Crippen LogP contribution in [0.15, 0.2) is 24.3 Å². The zero-order valence-corrected chi connectivity index (χ0v) is 14.7. The summed E-state index contributed by atoms with van der Waals surface area (Å²) in [6, 6.07) is 7.80. The molecule has 2 fully saturated rings. The van der Waals surface area contributed by atoms with Gasteiger partial charge in [0.2, 0.25) is 0 Å². The third-order valence-electron chi connectivity index (χ3n) is 5.70. The first kappa shape index (κ1) is 16.7. The summed E-state index contributed by atoms with van der Waals surface area (Å²) in [5.74, 6) is 0.511. The first-order valence-corrected chi connectivity index (χ1v) is 8.80. The van der Waals surface area contributed by atoms with Gasteiger partial charge in [-0.3, -0.25) is 4.79 Å². The van der Waals surface area contributed by atoms with E-state index in [-0.39, 0.29) is 24.2 Å². The van der Waals surface area contributed by atoms with Crippen molar-refractivity contribution in [1.82, 2.24) is 0 Å². The van der Waals surface area contributed by atoms with Crippen molar-refractivity contribution in [2.45, 2.75) is 71.0 Å². The highest BCUT2D eigenvalue weighted by Crippen LogP contribution is 2.36. The molecule has 3 nitrogen and oxygen atoms in total. The second-order valence-corrected chi connectivity index (χ2v) is 7.91. The smallest absolute Gasteiger partial charge is 0.399 e. The van der Waals surface area contributed by atoms with Crippen molar-refractivity contribution in [2.75, 3.05) is 0 Å². The lowest BCUT2D eigenvalue weighted by molar-refractivity contribution is 0.00578. The molecule has 0 radical (unpaired) electrons. The summed E-state index contributed by atoms with van der Waals surface area (Å²) in [5, 5.41) is 0. The lowest BCUT2D eigenvalue weighted by Crippen LogP contribution is -2.41. The molecule has 0 N–H and O–H groups in total. The van der Waals surface area contributed by atoms with Crippen LogP contribution in [0.4, 0.5) is 0 Å². The van der Waals surface area contributed by atoms with E-state index in [9.17, 15) is 4.79 Å². The molecule has 0 bridgehead atoms. The van der Waals surface area contributed by atoms with Gasteiger partial charge in [0.1, 0.15) is 0 Å². The molecule has 2 aliphatic rings. The Morgan fingerprint density at radius 2 is 1.48 bits per heavy atom. The molecule has 0 amide bonds. The fourth-order valence-corrected chi connectivity index (χ4v) is 3.38. The molecule has 4 heteroatoms. The van der Waals surface area contributed by atoms with Gasteiger partial charge < -0.3 is 9.31 Å². The first-order valence-electron chi connectivity index (χ1n) is 8.80. The van der Waals surface area contributed by atoms with E-state index in [0.29, 0.717) is 5.78 Å². The summed E-state index contributed by atoms with van der Waals surface area (Å²) >= 11 is 0. The number of benzene rings is 1. The molecule has 1 aliphatic heterocycles. The Bertz CT molecular complexity index is 555. The van der Waals surface area contributed by atoms with Crippen LogP contribution >= 0.6 is 0 Å². The summed E-state index contributed by atoms with van der Waals surface area (Å²) in [6.07, 6.45) is 5.71. The van der Waals surface area contributed by atoms with Gasteiger partial charge in [-0.1, -0.05) is 43.5 Å². The maximum atomic E-state index is 12.6. The van der Waals surface area contributed by atoms with Crippen molar-refractivity contribution >= 4 is 18.4 Å². The number of Topliss-reactive ketones (excluding diaryl/α,β-unsaturated/α-hetero) is 1. The number of carbonyl (C=O) groups is 1. The third kappa shape index (κ3) is 3.24. The van der Waals surface area contributed by atoms with Crippen LogP contribution in [-0.2, 0) is 9.31 Å². The van der Waals surface area contributed by atoms with Crippen LogP contribution in [0.5, 0.6) is 0 Å². The van der Waals surface area contributed by atoms with Gasteiger partial charge in [0.25, 0.3) is 0 Å². The Balaban J connectivity index is 1.71. The van der Waals surface area contributed by atoms with E-state index in [1.807, 2.05) is 52.0 Å². The van der Waals surface area contributed by atoms with Crippen LogP contribution in [0, 0.1) is 5.92 Å². The summed E-state index contributed by atoms with van der Waals surface area (Å²) in [5.41, 5.74) is 1.11. The van der Waals surface area contributed by atoms with Gasteiger partial charge >= 0.3 is 7.12 Å². The monoisotopic (exact) mass is 314 g/mol. The van der Waals surface area contributed by atoms with Gasteiger partial charge in [0.05, 0.1) is 11.2 Å². The molecular weight excluding hydrogens is 287 g/mol. The Kier molecular flexibility index (Phi) is 4.41. The second-order valence-electron chi connectivity index (χ2n) is 7.91. The third-order valence-corrected chi connectivity index (χ3v) is 5.70. The molecule has 1 saturated carbocycles. The van der Waals surface area contributed by atoms with Crippen molar-refractivity contribution in [2.24, 2.45) is 5.92 Å². The zero-order valence-electron chi connectivity index (χ0n) is 14.7. The topological polar surface area (TPSA) is 35.5 Å². The normalized spacial score (nSPS) is 23.9. The molecule has 0 spiro atoms. The standard InChI is InChI=1S/C19H27BO3/c1-18(2)19(3,4)23-20(22-18)16-12-10-15(11-13-16)17(21)14-8-6-5-7-9-14/h10-14H,5-9H2,1-4H3. The summed E-state index contributed by atoms with van der Waals surface area (Å²) < 4.78 is 12.1. The van der Waals surface area contributed by atoms with Crippen LogP contribution in [0.2, 0.25) is 0 Å². The zero-order chi connectivity index (χ0) is 16.7. The summed E-state index contributed by atoms with van der Waals surface area (Å²) in [6.45, 7) is 8.20. The Morgan fingerprint density at radius 1 is 0.957 bits per heavy atom. The highest BCUT2D eigenvalue weighted by atomic mass is 16.7. The van der Waals surface area contributed by atoms with E-state index in [0.717, 1.165) is 23.9 Å². The average Bonchev–Trinajstić information content (AvgIpc) is 2.76. The fourth-order valence-electron chi connectivity index (χ4n) is 3.38. The minimum Gasteiger partial charge on any atom is -0.399 e. The Hall–Kier alpha value is -1.13. The predicted octanol–water partition coefficient (Wildman–Crippen LogP) is 3.75. The van der Waals surface area contributed by atoms with Crippen LogP contribution in [-0.4, -0.2) is 24.1 Å². The number of carbonyl (C=O) groups excluding carboxylic acids is 1. The molecule has 1 aliphatic carbocycles. The van der Waals surface area contributed by atoms with Crippen molar-refractivity contribution in [1.29, 1.82) is 0 Å². The molecule has 1 heterocycles. The van der Waals surface area contributed by atoms with Crippen molar-refractivity contribution in [3.8, 4) is 0 Å². The average molecular weight is 314 g/mol. The van der Waals surface area contributed by atoms with Gasteiger partial charge in [-0.05, 0) is 46.0 Å². The summed E-state index contributed by atoms with van der Waals surface area (Å²) in [4.78, 5) is 12.6. The quantitative estimate of drug-likeness (QED) is 0.630. The van der Waals surface area contributed by atoms with Crippen LogP contribution in [0.3, 0.4) is 0 Å². The van der Waals surface area contributed by atoms with Crippen LogP contribution in [0.25, 0.3) is 0 Å². The SMILES string of the molecule is CC1(C)OB(c2ccc(C(=O)C3CCCCC3)cc2)OC1(C)C. The Labute approximate surface area is 139 Å². The molecule has 23 heavy (non-hydrogen) atoms. The van der Waals surface area contributed by atoms with E-state index in [2.05, 4.69) is 0 Å². The van der Waals surface area contributed by atoms with Crippen molar-refractivity contribution < 1.29 is 14.1 Å². The molecule has 0 aromatic heterocycles. The molecule has 3 rings (SSSR count). The Morgan fingerprint density at radius 3 is 2.00 bits per heavy atom. The lowest BCUT2D eigenvalue weighted by atomic mass is 9.77. The van der Waals surface area contributed by atoms with Crippen molar-refractivity contribution in [3.05, 3.63) is 29.8 Å². The molecule has 0 unspecified atom stereocenters. The molecule has 1 aromatic rings. The lowest BCUT2D eigenvalue weighted by Gasteiger charge is -2.32. The number of hydrogen-bond acceptors (Lipinski definition) is 3. The van der Waals surface area contributed by atoms with Crippen LogP contribution < -0.4 is 5.46 Å². The molecule has 1 aromatic carbocycles. The van der Waals surface area contributed by atoms with E-state index in [1.165, 1.54) is 19.3 Å². The van der Waals surface area contributed by atoms with Crippen molar-refractivity contribution in [3.63, 3.8) is 0 Å². The summed E-state index contributed by atoms with van der Waals surface area (Å²) in [7, 11) is -0.362. The molecular formula is C19H27BO3. The maximum Gasteiger partial charge on any atom is 0.494 e. The van der Waals surface area contributed by atoms with Gasteiger partial charge in [0.15, 0.2) is 5.78 Å². The maximum absolute atomic E-state index is 12.6. The second kappa shape index (κ2) is 6.06. The first-order chi connectivity index (χ1) is 10.8. The minimum absolute atomic E-state index is 0.214. The van der Waals surface area contributed by atoms with Gasteiger partial charge in [-0.15, -0.1) is 0 Å². The van der Waals surface area contributed by atoms with Gasteiger partial charge in [-0.25, -0.2) is 0 Å². The van der Waals surface area contributed by atoms with Gasteiger partial charge in [0, 0.05) is 11.5 Å². The number of hydrogen-bond donors (Lipinski definition) is 0. The van der Waals surface area contributed by atoms with Gasteiger partial charge in [-0.2, -0.15) is 0 Å². The predicted molar refractivity (Wildman–Crippen MR) is 93.1 cm³/mol. The number of rotatable bonds is 3. The van der Waals surface area contributed by atoms with E-state index in [4.69, 9.17) is 9.31 Å². The highest BCUT2D eigenvalue weighted by Gasteiger charge is 2.51. The molecule has 124 valence electrons. The van der Waals surface area contributed by atoms with E-state index < -0.39 is 0 Å². The minimum atomic E-state index is -0.362. The molecule has 0 atom stereocenters. The molecule has 1 saturated heterocycles. The fraction of sp³-hybridized carbons (Fsp3) is 0.632.